The third kappa shape index (κ3) is 5.65. The molecule has 42 heavy (non-hydrogen) atoms. The molecule has 3 saturated heterocycles. The van der Waals surface area contributed by atoms with Crippen molar-refractivity contribution >= 4 is 23.5 Å². The second-order valence-electron chi connectivity index (χ2n) is 12.4. The number of halogens is 1. The smallest absolute Gasteiger partial charge is 0.246 e. The van der Waals surface area contributed by atoms with E-state index in [4.69, 9.17) is 4.74 Å². The highest BCUT2D eigenvalue weighted by Gasteiger charge is 2.55. The zero-order valence-electron chi connectivity index (χ0n) is 24.3. The lowest BCUT2D eigenvalue weighted by Crippen LogP contribution is -2.75. The number of ether oxygens (including phenoxy) is 1. The molecule has 2 N–H and O–H groups in total. The number of amides is 1. The van der Waals surface area contributed by atoms with Gasteiger partial charge < -0.3 is 14.5 Å². The summed E-state index contributed by atoms with van der Waals surface area (Å²) in [4.78, 5) is 33.4. The van der Waals surface area contributed by atoms with Gasteiger partial charge in [0.25, 0.3) is 0 Å². The molecule has 4 heterocycles. The van der Waals surface area contributed by atoms with Crippen molar-refractivity contribution in [2.24, 2.45) is 5.92 Å². The van der Waals surface area contributed by atoms with Crippen LogP contribution in [0.1, 0.15) is 43.2 Å². The molecule has 6 unspecified atom stereocenters. The molecule has 4 fully saturated rings. The first-order valence-electron chi connectivity index (χ1n) is 15.2. The quantitative estimate of drug-likeness (QED) is 0.479. The summed E-state index contributed by atoms with van der Waals surface area (Å²) in [6, 6.07) is 6.89. The lowest BCUT2D eigenvalue weighted by atomic mass is 9.71. The highest BCUT2D eigenvalue weighted by molar-refractivity contribution is 8.00. The number of rotatable bonds is 6. The zero-order chi connectivity index (χ0) is 29.4. The molecule has 11 heteroatoms. The Morgan fingerprint density at radius 2 is 2.12 bits per heavy atom. The number of nitrogens with one attached hydrogen (secondary N) is 2. The summed E-state index contributed by atoms with van der Waals surface area (Å²) in [7, 11) is 2.12. The third-order valence-corrected chi connectivity index (χ3v) is 11.6. The van der Waals surface area contributed by atoms with Gasteiger partial charge in [-0.2, -0.15) is 5.26 Å². The molecular formula is C31H41FN6O3S. The molecule has 0 radical (unpaired) electrons. The average molecular weight is 597 g/mol. The van der Waals surface area contributed by atoms with Crippen LogP contribution in [0.2, 0.25) is 0 Å². The Morgan fingerprint density at radius 3 is 2.88 bits per heavy atom. The van der Waals surface area contributed by atoms with Crippen molar-refractivity contribution in [2.75, 3.05) is 39.8 Å². The Morgan fingerprint density at radius 1 is 1.26 bits per heavy atom. The molecule has 9 nitrogen and oxygen atoms in total. The fraction of sp³-hybridized carbons (Fsp3) is 0.645. The van der Waals surface area contributed by atoms with Crippen LogP contribution in [-0.4, -0.2) is 102 Å². The van der Waals surface area contributed by atoms with Crippen LogP contribution in [0.15, 0.2) is 30.9 Å². The molecule has 1 aliphatic carbocycles. The molecular weight excluding hydrogens is 555 g/mol. The Labute approximate surface area is 251 Å². The van der Waals surface area contributed by atoms with Gasteiger partial charge in [-0.05, 0) is 75.0 Å². The van der Waals surface area contributed by atoms with Gasteiger partial charge in [0.1, 0.15) is 5.82 Å². The van der Waals surface area contributed by atoms with Gasteiger partial charge in [0.2, 0.25) is 5.91 Å². The van der Waals surface area contributed by atoms with Gasteiger partial charge in [-0.1, -0.05) is 12.6 Å². The monoisotopic (exact) mass is 596 g/mol. The molecule has 1 aromatic carbocycles. The number of carbonyl (C=O) groups excluding carboxylic acids is 2. The number of likely N-dealkylation sites (N-methyl/N-ethyl adjacent to an activating group) is 1. The highest BCUT2D eigenvalue weighted by atomic mass is 32.2. The molecule has 226 valence electrons. The van der Waals surface area contributed by atoms with Crippen LogP contribution >= 0.6 is 11.8 Å². The number of likely N-dealkylation sites (tertiary alicyclic amines) is 1. The van der Waals surface area contributed by atoms with Crippen LogP contribution in [0.4, 0.5) is 4.39 Å². The molecule has 5 aliphatic rings. The van der Waals surface area contributed by atoms with Crippen molar-refractivity contribution in [3.63, 3.8) is 0 Å². The second kappa shape index (κ2) is 12.3. The summed E-state index contributed by atoms with van der Waals surface area (Å²) in [5, 5.41) is 16.8. The van der Waals surface area contributed by atoms with Gasteiger partial charge in [-0.15, -0.1) is 11.8 Å². The number of hydrogen-bond acceptors (Lipinski definition) is 9. The maximum atomic E-state index is 14.5. The van der Waals surface area contributed by atoms with E-state index in [2.05, 4.69) is 40.1 Å². The van der Waals surface area contributed by atoms with Crippen LogP contribution in [0.5, 0.6) is 0 Å². The van der Waals surface area contributed by atoms with E-state index in [-0.39, 0.29) is 42.1 Å². The number of Topliss-reactive ketones (excluding diaryl/α,β-unsaturated/α-hetero) is 1. The zero-order valence-corrected chi connectivity index (χ0v) is 25.1. The maximum Gasteiger partial charge on any atom is 0.246 e. The fourth-order valence-electron chi connectivity index (χ4n) is 7.68. The van der Waals surface area contributed by atoms with E-state index in [1.807, 2.05) is 6.07 Å². The largest absolute Gasteiger partial charge is 0.348 e. The van der Waals surface area contributed by atoms with Crippen LogP contribution in [-0.2, 0) is 26.5 Å². The van der Waals surface area contributed by atoms with E-state index >= 15 is 0 Å². The predicted molar refractivity (Wildman–Crippen MR) is 159 cm³/mol. The number of carbonyl (C=O) groups is 2. The van der Waals surface area contributed by atoms with Gasteiger partial charge in [0.05, 0.1) is 42.1 Å². The normalized spacial score (nSPS) is 35.5. The van der Waals surface area contributed by atoms with Crippen molar-refractivity contribution in [3.8, 4) is 6.07 Å². The van der Waals surface area contributed by atoms with Gasteiger partial charge >= 0.3 is 0 Å². The van der Waals surface area contributed by atoms with E-state index in [9.17, 15) is 19.2 Å². The van der Waals surface area contributed by atoms with Crippen molar-refractivity contribution in [2.45, 2.75) is 79.7 Å². The van der Waals surface area contributed by atoms with Gasteiger partial charge in [-0.25, -0.2) is 4.39 Å². The molecule has 1 saturated carbocycles. The number of fused-ring (bicyclic) bond motifs is 2. The number of thioether (sulfide) groups is 1. The van der Waals surface area contributed by atoms with E-state index in [1.54, 1.807) is 22.7 Å². The van der Waals surface area contributed by atoms with Crippen LogP contribution in [0, 0.1) is 23.1 Å². The number of nitriles is 1. The van der Waals surface area contributed by atoms with Gasteiger partial charge in [0.15, 0.2) is 12.1 Å². The lowest BCUT2D eigenvalue weighted by molar-refractivity contribution is -0.144. The molecule has 0 bridgehead atoms. The average Bonchev–Trinajstić information content (AvgIpc) is 3.42. The SMILES string of the molecule is C=CC(=O)N1CCN(C2NC(OCC3CCCN3C)NC3C(=O)[C@]4(CCC32)Cc2ccc(F)cc2CS4)CC1CC#N. The molecule has 1 spiro atoms. The Balaban J connectivity index is 1.24. The van der Waals surface area contributed by atoms with E-state index in [0.29, 0.717) is 44.5 Å². The summed E-state index contributed by atoms with van der Waals surface area (Å²) >= 11 is 1.66. The Kier molecular flexibility index (Phi) is 8.74. The molecule has 1 aromatic rings. The minimum atomic E-state index is -0.546. The molecule has 7 atom stereocenters. The van der Waals surface area contributed by atoms with Crippen LogP contribution in [0.3, 0.4) is 0 Å². The second-order valence-corrected chi connectivity index (χ2v) is 13.8. The molecule has 4 aliphatic heterocycles. The van der Waals surface area contributed by atoms with Crippen molar-refractivity contribution in [3.05, 3.63) is 47.8 Å². The van der Waals surface area contributed by atoms with Crippen molar-refractivity contribution in [1.29, 1.82) is 5.26 Å². The summed E-state index contributed by atoms with van der Waals surface area (Å²) in [5.41, 5.74) is 2.04. The molecule has 6 rings (SSSR count). The minimum Gasteiger partial charge on any atom is -0.348 e. The third-order valence-electron chi connectivity index (χ3n) is 10.1. The standard InChI is InChI=1S/C31H41FN6O3S/c1-3-26(39)38-14-13-37(17-23(38)9-11-33)29-25-8-10-31(16-20-6-7-22(32)15-21(20)19-42-31)28(40)27(25)34-30(35-29)41-18-24-5-4-12-36(24)2/h3,6-7,15,23-25,27,29-30,34-35H,1,4-5,8-10,12-14,16-19H2,2H3/t23?,24?,25?,27?,29?,30?,31-/m0/s1. The number of hydrogen-bond donors (Lipinski definition) is 2. The minimum absolute atomic E-state index is 0.0109. The van der Waals surface area contributed by atoms with Gasteiger partial charge in [0, 0.05) is 37.3 Å². The summed E-state index contributed by atoms with van der Waals surface area (Å²) in [6.45, 7) is 6.94. The number of ketones is 1. The maximum absolute atomic E-state index is 14.5. The predicted octanol–water partition coefficient (Wildman–Crippen LogP) is 2.23. The molecule has 0 aromatic heterocycles. The Bertz CT molecular complexity index is 1260. The topological polar surface area (TPSA) is 101 Å². The van der Waals surface area contributed by atoms with Crippen LogP contribution < -0.4 is 10.6 Å². The van der Waals surface area contributed by atoms with Crippen molar-refractivity contribution in [1.82, 2.24) is 25.3 Å². The summed E-state index contributed by atoms with van der Waals surface area (Å²) < 4.78 is 19.8. The lowest BCUT2D eigenvalue weighted by Gasteiger charge is -2.55. The molecule has 1 amide bonds. The van der Waals surface area contributed by atoms with E-state index in [0.717, 1.165) is 43.4 Å². The highest BCUT2D eigenvalue weighted by Crippen LogP contribution is 2.48. The fourth-order valence-corrected chi connectivity index (χ4v) is 9.17. The van der Waals surface area contributed by atoms with E-state index in [1.165, 1.54) is 12.1 Å². The first-order chi connectivity index (χ1) is 20.3. The summed E-state index contributed by atoms with van der Waals surface area (Å²) in [6.07, 6.45) is 5.37. The number of nitrogens with zero attached hydrogens (tertiary/aromatic N) is 4. The van der Waals surface area contributed by atoms with Crippen molar-refractivity contribution < 1.29 is 18.7 Å². The van der Waals surface area contributed by atoms with Gasteiger partial charge in [-0.3, -0.25) is 25.1 Å². The Hall–Kier alpha value is -2.33. The first kappa shape index (κ1) is 29.7. The summed E-state index contributed by atoms with van der Waals surface area (Å²) in [5.74, 6) is 0.446. The van der Waals surface area contributed by atoms with E-state index < -0.39 is 17.1 Å². The van der Waals surface area contributed by atoms with Crippen LogP contribution in [0.25, 0.3) is 0 Å². The number of benzene rings is 1. The first-order valence-corrected chi connectivity index (χ1v) is 16.1. The number of piperazine rings is 1.